The van der Waals surface area contributed by atoms with Gasteiger partial charge < -0.3 is 10.1 Å². The number of alkyl halides is 1. The van der Waals surface area contributed by atoms with Crippen molar-refractivity contribution in [3.05, 3.63) is 12.2 Å². The lowest BCUT2D eigenvalue weighted by Crippen LogP contribution is -2.30. The van der Waals surface area contributed by atoms with Gasteiger partial charge in [-0.1, -0.05) is 47.6 Å². The maximum absolute atomic E-state index is 11.3. The van der Waals surface area contributed by atoms with Crippen molar-refractivity contribution >= 4 is 28.5 Å². The van der Waals surface area contributed by atoms with Crippen LogP contribution < -0.4 is 5.32 Å². The van der Waals surface area contributed by atoms with Crippen molar-refractivity contribution in [1.82, 2.24) is 5.32 Å². The zero-order valence-electron chi connectivity index (χ0n) is 9.58. The Labute approximate surface area is 111 Å². The second-order valence-electron chi connectivity index (χ2n) is 3.95. The summed E-state index contributed by atoms with van der Waals surface area (Å²) in [4.78, 5) is 11.3. The number of halogens is 1. The van der Waals surface area contributed by atoms with Gasteiger partial charge in [0.2, 0.25) is 5.91 Å². The Morgan fingerprint density at radius 2 is 2.31 bits per heavy atom. The van der Waals surface area contributed by atoms with E-state index >= 15 is 0 Å². The molecule has 1 aliphatic rings. The first-order valence-corrected chi connectivity index (χ1v) is 7.46. The highest BCUT2D eigenvalue weighted by Gasteiger charge is 2.09. The summed E-state index contributed by atoms with van der Waals surface area (Å²) in [7, 11) is 0. The molecule has 92 valence electrons. The van der Waals surface area contributed by atoms with Crippen LogP contribution in [0.3, 0.4) is 0 Å². The highest BCUT2D eigenvalue weighted by molar-refractivity contribution is 14.1. The largest absolute Gasteiger partial charge is 0.364 e. The minimum Gasteiger partial charge on any atom is -0.364 e. The number of allylic oxidation sites excluding steroid dienone is 1. The molecule has 1 amide bonds. The van der Waals surface area contributed by atoms with Gasteiger partial charge in [0, 0.05) is 11.0 Å². The molecule has 1 atom stereocenters. The monoisotopic (exact) mass is 337 g/mol. The van der Waals surface area contributed by atoms with Gasteiger partial charge in [0.05, 0.1) is 6.10 Å². The third kappa shape index (κ3) is 6.48. The maximum Gasteiger partial charge on any atom is 0.246 e. The molecule has 1 rings (SSSR count). The van der Waals surface area contributed by atoms with E-state index in [1.54, 1.807) is 0 Å². The summed E-state index contributed by atoms with van der Waals surface area (Å²) >= 11 is 2.24. The fraction of sp³-hybridized carbons (Fsp3) is 0.750. The molecule has 0 aromatic rings. The molecule has 0 bridgehead atoms. The molecule has 0 saturated heterocycles. The number of carbonyl (C=O) groups is 1. The molecule has 4 heteroatoms. The molecule has 0 aromatic carbocycles. The Morgan fingerprint density at radius 3 is 3.12 bits per heavy atom. The highest BCUT2D eigenvalue weighted by Crippen LogP contribution is 2.13. The molecular formula is C12H20INO2. The lowest BCUT2D eigenvalue weighted by Gasteiger charge is -2.15. The van der Waals surface area contributed by atoms with Crippen LogP contribution in [0.1, 0.15) is 32.1 Å². The standard InChI is InChI=1S/C12H20INO2/c13-8-9-14-12(15)10-16-11-6-4-2-1-3-5-7-11/h4,6,11H,1-3,5,7-10H2,(H,14,15)/b6-4-. The zero-order valence-corrected chi connectivity index (χ0v) is 11.7. The van der Waals surface area contributed by atoms with Gasteiger partial charge in [-0.3, -0.25) is 4.79 Å². The summed E-state index contributed by atoms with van der Waals surface area (Å²) in [6.45, 7) is 0.912. The van der Waals surface area contributed by atoms with Crippen LogP contribution in [0.15, 0.2) is 12.2 Å². The predicted molar refractivity (Wildman–Crippen MR) is 73.9 cm³/mol. The molecule has 0 aliphatic heterocycles. The Hall–Kier alpha value is -0.100. The van der Waals surface area contributed by atoms with Gasteiger partial charge in [0.15, 0.2) is 0 Å². The minimum absolute atomic E-state index is 0.00729. The number of hydrogen-bond donors (Lipinski definition) is 1. The number of hydrogen-bond acceptors (Lipinski definition) is 2. The van der Waals surface area contributed by atoms with Crippen LogP contribution >= 0.6 is 22.6 Å². The Kier molecular flexibility index (Phi) is 7.84. The van der Waals surface area contributed by atoms with E-state index < -0.39 is 0 Å². The average molecular weight is 337 g/mol. The molecule has 0 radical (unpaired) electrons. The summed E-state index contributed by atoms with van der Waals surface area (Å²) in [5.74, 6) is -0.00729. The molecule has 0 spiro atoms. The average Bonchev–Trinajstić information content (AvgIpc) is 2.25. The van der Waals surface area contributed by atoms with Gasteiger partial charge >= 0.3 is 0 Å². The summed E-state index contributed by atoms with van der Waals surface area (Å²) in [6, 6.07) is 0. The normalized spacial score (nSPS) is 23.2. The molecule has 0 heterocycles. The molecule has 1 aliphatic carbocycles. The van der Waals surface area contributed by atoms with Crippen LogP contribution in [-0.4, -0.2) is 29.6 Å². The molecule has 0 fully saturated rings. The summed E-state index contributed by atoms with van der Waals surface area (Å²) < 4.78 is 6.51. The van der Waals surface area contributed by atoms with Crippen LogP contribution in [0.4, 0.5) is 0 Å². The topological polar surface area (TPSA) is 38.3 Å². The highest BCUT2D eigenvalue weighted by atomic mass is 127. The molecule has 0 saturated carbocycles. The zero-order chi connectivity index (χ0) is 11.6. The van der Waals surface area contributed by atoms with Crippen LogP contribution in [0.5, 0.6) is 0 Å². The summed E-state index contributed by atoms with van der Waals surface area (Å²) in [5, 5.41) is 2.80. The van der Waals surface area contributed by atoms with E-state index in [1.807, 2.05) is 0 Å². The Balaban J connectivity index is 2.19. The molecule has 1 N–H and O–H groups in total. The number of rotatable bonds is 5. The number of amides is 1. The van der Waals surface area contributed by atoms with E-state index in [-0.39, 0.29) is 18.6 Å². The molecule has 3 nitrogen and oxygen atoms in total. The first kappa shape index (κ1) is 14.0. The quantitative estimate of drug-likeness (QED) is 0.475. The van der Waals surface area contributed by atoms with E-state index in [2.05, 4.69) is 40.1 Å². The van der Waals surface area contributed by atoms with Crippen LogP contribution in [-0.2, 0) is 9.53 Å². The first-order valence-electron chi connectivity index (χ1n) is 5.94. The van der Waals surface area contributed by atoms with Crippen molar-refractivity contribution in [2.24, 2.45) is 0 Å². The van der Waals surface area contributed by atoms with E-state index in [1.165, 1.54) is 19.3 Å². The van der Waals surface area contributed by atoms with Gasteiger partial charge in [0.25, 0.3) is 0 Å². The summed E-state index contributed by atoms with van der Waals surface area (Å²) in [5.41, 5.74) is 0. The van der Waals surface area contributed by atoms with Crippen molar-refractivity contribution in [2.45, 2.75) is 38.2 Å². The van der Waals surface area contributed by atoms with Crippen LogP contribution in [0, 0.1) is 0 Å². The molecular weight excluding hydrogens is 317 g/mol. The van der Waals surface area contributed by atoms with Gasteiger partial charge in [-0.2, -0.15) is 0 Å². The van der Waals surface area contributed by atoms with E-state index in [9.17, 15) is 4.79 Å². The van der Waals surface area contributed by atoms with Gasteiger partial charge in [-0.15, -0.1) is 0 Å². The smallest absolute Gasteiger partial charge is 0.246 e. The van der Waals surface area contributed by atoms with Crippen molar-refractivity contribution in [3.63, 3.8) is 0 Å². The fourth-order valence-corrected chi connectivity index (χ4v) is 1.96. The number of carbonyl (C=O) groups excluding carboxylic acids is 1. The summed E-state index contributed by atoms with van der Waals surface area (Å²) in [6.07, 6.45) is 10.3. The number of nitrogens with one attached hydrogen (secondary N) is 1. The SMILES string of the molecule is O=C(COC1/C=C\CCCCC1)NCCI. The van der Waals surface area contributed by atoms with Crippen LogP contribution in [0.25, 0.3) is 0 Å². The van der Waals surface area contributed by atoms with E-state index in [0.29, 0.717) is 0 Å². The van der Waals surface area contributed by atoms with Gasteiger partial charge in [-0.05, 0) is 19.3 Å². The van der Waals surface area contributed by atoms with Gasteiger partial charge in [-0.25, -0.2) is 0 Å². The Bertz CT molecular complexity index is 231. The van der Waals surface area contributed by atoms with Crippen molar-refractivity contribution in [3.8, 4) is 0 Å². The maximum atomic E-state index is 11.3. The second-order valence-corrected chi connectivity index (χ2v) is 5.03. The molecule has 1 unspecified atom stereocenters. The van der Waals surface area contributed by atoms with E-state index in [0.717, 1.165) is 23.8 Å². The number of ether oxygens (including phenoxy) is 1. The van der Waals surface area contributed by atoms with Crippen molar-refractivity contribution in [1.29, 1.82) is 0 Å². The third-order valence-corrected chi connectivity index (χ3v) is 3.09. The minimum atomic E-state index is -0.00729. The molecule has 0 aromatic heterocycles. The van der Waals surface area contributed by atoms with Crippen molar-refractivity contribution < 1.29 is 9.53 Å². The first-order chi connectivity index (χ1) is 7.83. The lowest BCUT2D eigenvalue weighted by atomic mass is 10.0. The van der Waals surface area contributed by atoms with Crippen molar-refractivity contribution in [2.75, 3.05) is 17.6 Å². The van der Waals surface area contributed by atoms with E-state index in [4.69, 9.17) is 4.74 Å². The molecule has 16 heavy (non-hydrogen) atoms. The van der Waals surface area contributed by atoms with Gasteiger partial charge in [0.1, 0.15) is 6.61 Å². The third-order valence-electron chi connectivity index (χ3n) is 2.56. The Morgan fingerprint density at radius 1 is 1.44 bits per heavy atom. The lowest BCUT2D eigenvalue weighted by molar-refractivity contribution is -0.126. The van der Waals surface area contributed by atoms with Crippen LogP contribution in [0.2, 0.25) is 0 Å². The predicted octanol–water partition coefficient (Wildman–Crippen LogP) is 2.44. The fourth-order valence-electron chi connectivity index (χ4n) is 1.69. The second kappa shape index (κ2) is 8.98.